The number of nitrogens with zero attached hydrogens (tertiary/aromatic N) is 5. The first kappa shape index (κ1) is 33.0. The van der Waals surface area contributed by atoms with E-state index in [1.165, 1.54) is 41.4 Å². The van der Waals surface area contributed by atoms with E-state index >= 15 is 0 Å². The van der Waals surface area contributed by atoms with Crippen molar-refractivity contribution in [2.24, 2.45) is 5.92 Å². The third kappa shape index (κ3) is 7.37. The predicted octanol–water partition coefficient (Wildman–Crippen LogP) is 6.36. The second kappa shape index (κ2) is 13.2. The topological polar surface area (TPSA) is 120 Å². The van der Waals surface area contributed by atoms with Crippen LogP contribution in [-0.2, 0) is 9.59 Å². The maximum Gasteiger partial charge on any atom is 0.573 e. The molecule has 242 valence electrons. The van der Waals surface area contributed by atoms with Gasteiger partial charge in [0.1, 0.15) is 35.8 Å². The summed E-state index contributed by atoms with van der Waals surface area (Å²) in [5.74, 6) is -5.47. The van der Waals surface area contributed by atoms with E-state index in [1.807, 2.05) is 6.07 Å². The van der Waals surface area contributed by atoms with Crippen LogP contribution in [0.4, 0.5) is 33.6 Å². The number of benzene rings is 2. The quantitative estimate of drug-likeness (QED) is 0.249. The molecule has 9 nitrogen and oxygen atoms in total. The van der Waals surface area contributed by atoms with E-state index in [0.29, 0.717) is 0 Å². The van der Waals surface area contributed by atoms with Gasteiger partial charge in [0.2, 0.25) is 11.9 Å². The van der Waals surface area contributed by atoms with Gasteiger partial charge in [0.15, 0.2) is 5.78 Å². The third-order valence-electron chi connectivity index (χ3n) is 7.93. The fourth-order valence-electron chi connectivity index (χ4n) is 5.86. The number of aliphatic hydroxyl groups excluding tert-OH is 1. The van der Waals surface area contributed by atoms with Crippen molar-refractivity contribution in [3.63, 3.8) is 0 Å². The van der Waals surface area contributed by atoms with E-state index in [9.17, 15) is 41.9 Å². The third-order valence-corrected chi connectivity index (χ3v) is 8.28. The number of rotatable bonds is 10. The molecule has 1 saturated carbocycles. The van der Waals surface area contributed by atoms with Crippen molar-refractivity contribution in [3.8, 4) is 11.8 Å². The number of aromatic nitrogens is 2. The molecule has 15 heteroatoms. The molecular weight excluding hydrogens is 637 g/mol. The number of hydrogen-bond donors (Lipinski definition) is 1. The maximum absolute atomic E-state index is 14.6. The van der Waals surface area contributed by atoms with Crippen molar-refractivity contribution in [2.45, 2.75) is 69.1 Å². The van der Waals surface area contributed by atoms with Gasteiger partial charge in [-0.05, 0) is 49.4 Å². The molecule has 2 aliphatic rings. The molecule has 3 aromatic rings. The first-order valence-electron chi connectivity index (χ1n) is 14.3. The average molecular weight is 664 g/mol. The molecule has 1 aliphatic heterocycles. The highest BCUT2D eigenvalue weighted by Crippen LogP contribution is 2.45. The number of nitriles is 1. The van der Waals surface area contributed by atoms with Gasteiger partial charge in [-0.3, -0.25) is 14.5 Å². The van der Waals surface area contributed by atoms with Crippen LogP contribution < -0.4 is 14.5 Å². The van der Waals surface area contributed by atoms with Crippen molar-refractivity contribution < 1.29 is 41.4 Å². The van der Waals surface area contributed by atoms with Crippen LogP contribution in [0.15, 0.2) is 60.8 Å². The minimum Gasteiger partial charge on any atom is -0.406 e. The van der Waals surface area contributed by atoms with E-state index in [0.717, 1.165) is 17.0 Å². The highest BCUT2D eigenvalue weighted by molar-refractivity contribution is 6.31. The lowest BCUT2D eigenvalue weighted by atomic mass is 9.77. The standard InChI is InChI=1S/C31H27ClF5N5O4/c32-23-7-2-1-6-22(23)27(25(43)10-8-18-15-30(33,34)16-18)41(20-4-3-5-21(14-20)46-31(35,36)37)28(45)24-9-11-26(44)42(24)29-39-13-12-19(17-38)40-29/h1-7,12-14,18,24,26-27,44H,8-11,15-16H2/t24-,26?,27?/m0/s1. The lowest BCUT2D eigenvalue weighted by Crippen LogP contribution is -2.51. The number of halogens is 6. The zero-order chi connectivity index (χ0) is 33.2. The smallest absolute Gasteiger partial charge is 0.406 e. The molecule has 1 N–H and O–H groups in total. The second-order valence-corrected chi connectivity index (χ2v) is 11.6. The summed E-state index contributed by atoms with van der Waals surface area (Å²) in [5, 5.41) is 20.3. The van der Waals surface area contributed by atoms with Gasteiger partial charge >= 0.3 is 6.36 Å². The number of aliphatic hydroxyl groups is 1. The average Bonchev–Trinajstić information content (AvgIpc) is 3.38. The number of amides is 1. The molecule has 1 amide bonds. The Morgan fingerprint density at radius 2 is 1.89 bits per heavy atom. The van der Waals surface area contributed by atoms with E-state index in [2.05, 4.69) is 14.7 Å². The maximum atomic E-state index is 14.6. The summed E-state index contributed by atoms with van der Waals surface area (Å²) in [6.07, 6.45) is -5.89. The van der Waals surface area contributed by atoms with E-state index < -0.39 is 54.0 Å². The molecule has 0 radical (unpaired) electrons. The minimum absolute atomic E-state index is 0.0238. The Hall–Kier alpha value is -4.35. The first-order chi connectivity index (χ1) is 21.8. The molecule has 1 aromatic heterocycles. The van der Waals surface area contributed by atoms with Gasteiger partial charge in [-0.15, -0.1) is 13.2 Å². The molecular formula is C31H27ClF5N5O4. The van der Waals surface area contributed by atoms with Crippen molar-refractivity contribution in [2.75, 3.05) is 9.80 Å². The normalized spacial score (nSPS) is 20.0. The minimum atomic E-state index is -5.06. The molecule has 0 bridgehead atoms. The Morgan fingerprint density at radius 3 is 2.57 bits per heavy atom. The van der Waals surface area contributed by atoms with Crippen molar-refractivity contribution >= 4 is 34.9 Å². The largest absolute Gasteiger partial charge is 0.573 e. The molecule has 2 fully saturated rings. The fourth-order valence-corrected chi connectivity index (χ4v) is 6.10. The number of ether oxygens (including phenoxy) is 1. The van der Waals surface area contributed by atoms with Crippen LogP contribution >= 0.6 is 11.6 Å². The predicted molar refractivity (Wildman–Crippen MR) is 155 cm³/mol. The summed E-state index contributed by atoms with van der Waals surface area (Å²) in [7, 11) is 0. The van der Waals surface area contributed by atoms with Gasteiger partial charge < -0.3 is 14.7 Å². The SMILES string of the molecule is N#Cc1ccnc(N2C(O)CC[C@H]2C(=O)N(c2cccc(OC(F)(F)F)c2)C(C(=O)CCC2CC(F)(F)C2)c2ccccc2Cl)n1. The van der Waals surface area contributed by atoms with Crippen LogP contribution in [0.2, 0.25) is 5.02 Å². The van der Waals surface area contributed by atoms with Gasteiger partial charge in [-0.25, -0.2) is 18.7 Å². The van der Waals surface area contributed by atoms with Crippen molar-refractivity contribution in [1.82, 2.24) is 9.97 Å². The molecule has 2 aromatic carbocycles. The lowest BCUT2D eigenvalue weighted by Gasteiger charge is -2.37. The number of carbonyl (C=O) groups excluding carboxylic acids is 2. The zero-order valence-corrected chi connectivity index (χ0v) is 24.8. The number of anilines is 2. The van der Waals surface area contributed by atoms with Gasteiger partial charge in [-0.1, -0.05) is 35.9 Å². The van der Waals surface area contributed by atoms with Gasteiger partial charge in [0, 0.05) is 47.8 Å². The number of Topliss-reactive ketones (excluding diaryl/α,β-unsaturated/α-hetero) is 1. The number of ketones is 1. The number of carbonyl (C=O) groups is 2. The molecule has 2 heterocycles. The van der Waals surface area contributed by atoms with Crippen LogP contribution in [0.1, 0.15) is 55.8 Å². The van der Waals surface area contributed by atoms with Crippen molar-refractivity contribution in [3.05, 3.63) is 77.1 Å². The summed E-state index contributed by atoms with van der Waals surface area (Å²) < 4.78 is 70.7. The van der Waals surface area contributed by atoms with Crippen LogP contribution in [0, 0.1) is 17.2 Å². The monoisotopic (exact) mass is 663 g/mol. The molecule has 3 atom stereocenters. The van der Waals surface area contributed by atoms with Crippen molar-refractivity contribution in [1.29, 1.82) is 5.26 Å². The lowest BCUT2D eigenvalue weighted by molar-refractivity contribution is -0.274. The van der Waals surface area contributed by atoms with Crippen LogP contribution in [0.3, 0.4) is 0 Å². The van der Waals surface area contributed by atoms with Gasteiger partial charge in [-0.2, -0.15) is 5.26 Å². The Labute approximate surface area is 265 Å². The highest BCUT2D eigenvalue weighted by atomic mass is 35.5. The Balaban J connectivity index is 1.60. The summed E-state index contributed by atoms with van der Waals surface area (Å²) >= 11 is 6.53. The number of alkyl halides is 5. The zero-order valence-electron chi connectivity index (χ0n) is 24.0. The molecule has 2 unspecified atom stereocenters. The highest BCUT2D eigenvalue weighted by Gasteiger charge is 2.47. The number of hydrogen-bond acceptors (Lipinski definition) is 8. The molecule has 1 saturated heterocycles. The second-order valence-electron chi connectivity index (χ2n) is 11.1. The summed E-state index contributed by atoms with van der Waals surface area (Å²) in [5.41, 5.74) is -0.0560. The fraction of sp³-hybridized carbons (Fsp3) is 0.387. The summed E-state index contributed by atoms with van der Waals surface area (Å²) in [6, 6.07) is 11.0. The first-order valence-corrected chi connectivity index (χ1v) is 14.7. The van der Waals surface area contributed by atoms with Crippen LogP contribution in [0.25, 0.3) is 0 Å². The molecule has 46 heavy (non-hydrogen) atoms. The van der Waals surface area contributed by atoms with Gasteiger partial charge in [0.05, 0.1) is 0 Å². The van der Waals surface area contributed by atoms with Gasteiger partial charge in [0.25, 0.3) is 5.91 Å². The Kier molecular flexibility index (Phi) is 9.46. The molecule has 5 rings (SSSR count). The summed E-state index contributed by atoms with van der Waals surface area (Å²) in [6.45, 7) is 0. The van der Waals surface area contributed by atoms with E-state index in [4.69, 9.17) is 11.6 Å². The molecule has 1 aliphatic carbocycles. The van der Waals surface area contributed by atoms with Crippen LogP contribution in [0.5, 0.6) is 5.75 Å². The summed E-state index contributed by atoms with van der Waals surface area (Å²) in [4.78, 5) is 39.1. The van der Waals surface area contributed by atoms with E-state index in [1.54, 1.807) is 12.1 Å². The Morgan fingerprint density at radius 1 is 1.15 bits per heavy atom. The van der Waals surface area contributed by atoms with E-state index in [-0.39, 0.29) is 66.4 Å². The Bertz CT molecular complexity index is 1640. The molecule has 0 spiro atoms. The van der Waals surface area contributed by atoms with Crippen LogP contribution in [-0.4, -0.2) is 51.3 Å².